The number of rotatable bonds is 7. The molecule has 1 aromatic heterocycles. The van der Waals surface area contributed by atoms with Crippen LogP contribution in [0.2, 0.25) is 0 Å². The molecule has 4 heteroatoms. The standard InChI is InChI=1S/C13H26N4/c1-6-12-9-13(17(5)15-12)10-14-11(2)7-8-16(3)4/h9,11,14H,6-8,10H2,1-5H3. The summed E-state index contributed by atoms with van der Waals surface area (Å²) in [6, 6.07) is 2.73. The topological polar surface area (TPSA) is 33.1 Å². The van der Waals surface area contributed by atoms with Crippen LogP contribution in [0.5, 0.6) is 0 Å². The van der Waals surface area contributed by atoms with E-state index in [0.717, 1.165) is 19.5 Å². The molecule has 1 unspecified atom stereocenters. The third-order valence-corrected chi connectivity index (χ3v) is 3.03. The van der Waals surface area contributed by atoms with Crippen LogP contribution in [-0.4, -0.2) is 41.4 Å². The maximum absolute atomic E-state index is 4.45. The van der Waals surface area contributed by atoms with Gasteiger partial charge in [-0.15, -0.1) is 0 Å². The molecule has 1 heterocycles. The van der Waals surface area contributed by atoms with Crippen LogP contribution >= 0.6 is 0 Å². The van der Waals surface area contributed by atoms with Crippen molar-refractivity contribution in [2.75, 3.05) is 20.6 Å². The van der Waals surface area contributed by atoms with Crippen LogP contribution in [0.1, 0.15) is 31.7 Å². The molecule has 0 aliphatic carbocycles. The van der Waals surface area contributed by atoms with Crippen molar-refractivity contribution in [2.45, 2.75) is 39.3 Å². The SMILES string of the molecule is CCc1cc(CNC(C)CCN(C)C)n(C)n1. The lowest BCUT2D eigenvalue weighted by Crippen LogP contribution is -2.30. The van der Waals surface area contributed by atoms with Gasteiger partial charge in [0, 0.05) is 19.6 Å². The third-order valence-electron chi connectivity index (χ3n) is 3.03. The molecule has 0 spiro atoms. The number of nitrogens with one attached hydrogen (secondary N) is 1. The summed E-state index contributed by atoms with van der Waals surface area (Å²) in [5, 5.41) is 7.99. The molecule has 0 aliphatic heterocycles. The molecule has 4 nitrogen and oxygen atoms in total. The van der Waals surface area contributed by atoms with Gasteiger partial charge in [-0.1, -0.05) is 6.92 Å². The summed E-state index contributed by atoms with van der Waals surface area (Å²) in [7, 11) is 6.24. The fourth-order valence-corrected chi connectivity index (χ4v) is 1.74. The fraction of sp³-hybridized carbons (Fsp3) is 0.769. The zero-order chi connectivity index (χ0) is 12.8. The molecule has 0 radical (unpaired) electrons. The molecule has 0 bridgehead atoms. The van der Waals surface area contributed by atoms with E-state index in [-0.39, 0.29) is 0 Å². The molecule has 0 aliphatic rings. The van der Waals surface area contributed by atoms with Gasteiger partial charge in [0.2, 0.25) is 0 Å². The monoisotopic (exact) mass is 238 g/mol. The molecule has 0 saturated heterocycles. The van der Waals surface area contributed by atoms with Crippen molar-refractivity contribution in [3.05, 3.63) is 17.5 Å². The van der Waals surface area contributed by atoms with Gasteiger partial charge >= 0.3 is 0 Å². The van der Waals surface area contributed by atoms with E-state index in [2.05, 4.69) is 49.3 Å². The zero-order valence-electron chi connectivity index (χ0n) is 11.8. The Kier molecular flexibility index (Phi) is 5.65. The van der Waals surface area contributed by atoms with Gasteiger partial charge in [0.25, 0.3) is 0 Å². The van der Waals surface area contributed by atoms with Crippen LogP contribution in [0, 0.1) is 0 Å². The first-order valence-corrected chi connectivity index (χ1v) is 6.42. The van der Waals surface area contributed by atoms with Gasteiger partial charge in [0.1, 0.15) is 0 Å². The lowest BCUT2D eigenvalue weighted by atomic mass is 10.2. The quantitative estimate of drug-likeness (QED) is 0.780. The van der Waals surface area contributed by atoms with Gasteiger partial charge in [-0.25, -0.2) is 0 Å². The van der Waals surface area contributed by atoms with Crippen molar-refractivity contribution in [2.24, 2.45) is 7.05 Å². The lowest BCUT2D eigenvalue weighted by Gasteiger charge is -2.16. The molecule has 98 valence electrons. The van der Waals surface area contributed by atoms with Gasteiger partial charge in [-0.05, 0) is 46.5 Å². The van der Waals surface area contributed by atoms with Crippen LogP contribution in [0.15, 0.2) is 6.07 Å². The van der Waals surface area contributed by atoms with Crippen LogP contribution in [-0.2, 0) is 20.0 Å². The predicted molar refractivity (Wildman–Crippen MR) is 72.1 cm³/mol. The maximum Gasteiger partial charge on any atom is 0.0625 e. The molecule has 17 heavy (non-hydrogen) atoms. The zero-order valence-corrected chi connectivity index (χ0v) is 11.8. The van der Waals surface area contributed by atoms with Gasteiger partial charge in [-0.3, -0.25) is 4.68 Å². The minimum absolute atomic E-state index is 0.539. The smallest absolute Gasteiger partial charge is 0.0625 e. The largest absolute Gasteiger partial charge is 0.309 e. The Bertz CT molecular complexity index is 330. The second-order valence-corrected chi connectivity index (χ2v) is 4.98. The highest BCUT2D eigenvalue weighted by molar-refractivity contribution is 5.09. The van der Waals surface area contributed by atoms with E-state index in [4.69, 9.17) is 0 Å². The van der Waals surface area contributed by atoms with Crippen LogP contribution in [0.4, 0.5) is 0 Å². The van der Waals surface area contributed by atoms with Crippen molar-refractivity contribution in [3.63, 3.8) is 0 Å². The molecule has 0 aromatic carbocycles. The Balaban J connectivity index is 2.36. The number of hydrogen-bond donors (Lipinski definition) is 1. The van der Waals surface area contributed by atoms with E-state index < -0.39 is 0 Å². The highest BCUT2D eigenvalue weighted by atomic mass is 15.3. The Hall–Kier alpha value is -0.870. The number of nitrogens with zero attached hydrogens (tertiary/aromatic N) is 3. The van der Waals surface area contributed by atoms with Crippen molar-refractivity contribution in [1.82, 2.24) is 20.0 Å². The molecular formula is C13H26N4. The molecule has 1 atom stereocenters. The van der Waals surface area contributed by atoms with Gasteiger partial charge in [0.05, 0.1) is 11.4 Å². The molecule has 0 fully saturated rings. The van der Waals surface area contributed by atoms with Crippen molar-refractivity contribution >= 4 is 0 Å². The predicted octanol–water partition coefficient (Wildman–Crippen LogP) is 1.41. The normalized spacial score (nSPS) is 13.3. The molecule has 1 N–H and O–H groups in total. The average Bonchev–Trinajstić information content (AvgIpc) is 2.64. The first-order chi connectivity index (χ1) is 8.02. The second-order valence-electron chi connectivity index (χ2n) is 4.98. The Labute approximate surface area is 105 Å². The minimum Gasteiger partial charge on any atom is -0.309 e. The van der Waals surface area contributed by atoms with Crippen molar-refractivity contribution in [1.29, 1.82) is 0 Å². The van der Waals surface area contributed by atoms with E-state index in [1.54, 1.807) is 0 Å². The Morgan fingerprint density at radius 1 is 1.47 bits per heavy atom. The molecule has 0 saturated carbocycles. The van der Waals surface area contributed by atoms with Crippen LogP contribution < -0.4 is 5.32 Å². The third kappa shape index (κ3) is 4.88. The minimum atomic E-state index is 0.539. The second kappa shape index (κ2) is 6.77. The van der Waals surface area contributed by atoms with Gasteiger partial charge < -0.3 is 10.2 Å². The van der Waals surface area contributed by atoms with Gasteiger partial charge in [-0.2, -0.15) is 5.10 Å². The summed E-state index contributed by atoms with van der Waals surface area (Å²) in [6.45, 7) is 6.40. The average molecular weight is 238 g/mol. The first kappa shape index (κ1) is 14.2. The van der Waals surface area contributed by atoms with Crippen molar-refractivity contribution < 1.29 is 0 Å². The van der Waals surface area contributed by atoms with E-state index >= 15 is 0 Å². The summed E-state index contributed by atoms with van der Waals surface area (Å²) < 4.78 is 1.98. The van der Waals surface area contributed by atoms with E-state index in [1.807, 2.05) is 11.7 Å². The van der Waals surface area contributed by atoms with Crippen LogP contribution in [0.25, 0.3) is 0 Å². The van der Waals surface area contributed by atoms with Crippen molar-refractivity contribution in [3.8, 4) is 0 Å². The molecule has 1 aromatic rings. The Morgan fingerprint density at radius 2 is 2.18 bits per heavy atom. The first-order valence-electron chi connectivity index (χ1n) is 6.42. The summed E-state index contributed by atoms with van der Waals surface area (Å²) in [6.07, 6.45) is 2.18. The Morgan fingerprint density at radius 3 is 2.71 bits per heavy atom. The summed E-state index contributed by atoms with van der Waals surface area (Å²) in [4.78, 5) is 2.22. The summed E-state index contributed by atoms with van der Waals surface area (Å²) >= 11 is 0. The number of aromatic nitrogens is 2. The lowest BCUT2D eigenvalue weighted by molar-refractivity contribution is 0.364. The maximum atomic E-state index is 4.45. The summed E-state index contributed by atoms with van der Waals surface area (Å²) in [5.41, 5.74) is 2.43. The van der Waals surface area contributed by atoms with E-state index in [0.29, 0.717) is 6.04 Å². The van der Waals surface area contributed by atoms with Gasteiger partial charge in [0.15, 0.2) is 0 Å². The molecule has 0 amide bonds. The molecule has 1 rings (SSSR count). The fourth-order valence-electron chi connectivity index (χ4n) is 1.74. The number of aryl methyl sites for hydroxylation is 2. The van der Waals surface area contributed by atoms with E-state index in [1.165, 1.54) is 17.8 Å². The highest BCUT2D eigenvalue weighted by Crippen LogP contribution is 2.04. The number of hydrogen-bond acceptors (Lipinski definition) is 3. The van der Waals surface area contributed by atoms with E-state index in [9.17, 15) is 0 Å². The van der Waals surface area contributed by atoms with Crippen LogP contribution in [0.3, 0.4) is 0 Å². The molecular weight excluding hydrogens is 212 g/mol. The highest BCUT2D eigenvalue weighted by Gasteiger charge is 2.06. The summed E-state index contributed by atoms with van der Waals surface area (Å²) in [5.74, 6) is 0.